The van der Waals surface area contributed by atoms with Crippen LogP contribution in [0.1, 0.15) is 28.8 Å². The van der Waals surface area contributed by atoms with Crippen LogP contribution < -0.4 is 5.32 Å². The van der Waals surface area contributed by atoms with Crippen molar-refractivity contribution in [3.8, 4) is 0 Å². The number of amides is 1. The maximum absolute atomic E-state index is 12.8. The van der Waals surface area contributed by atoms with Gasteiger partial charge in [-0.1, -0.05) is 11.6 Å². The SMILES string of the molecule is CCn1ncc(Cl)c1C(=O)Nc1c(C(F)(F)F)n[nH]c1C. The Morgan fingerprint density at radius 2 is 2.19 bits per heavy atom. The van der Waals surface area contributed by atoms with E-state index >= 15 is 0 Å². The van der Waals surface area contributed by atoms with Crippen LogP contribution in [0.4, 0.5) is 18.9 Å². The number of hydrogen-bond donors (Lipinski definition) is 2. The molecule has 21 heavy (non-hydrogen) atoms. The lowest BCUT2D eigenvalue weighted by atomic mass is 10.2. The number of halogens is 4. The molecule has 0 unspecified atom stereocenters. The molecule has 6 nitrogen and oxygen atoms in total. The lowest BCUT2D eigenvalue weighted by molar-refractivity contribution is -0.140. The summed E-state index contributed by atoms with van der Waals surface area (Å²) < 4.78 is 39.7. The van der Waals surface area contributed by atoms with Gasteiger partial charge in [-0.15, -0.1) is 0 Å². The molecule has 2 N–H and O–H groups in total. The molecule has 0 spiro atoms. The van der Waals surface area contributed by atoms with E-state index in [0.29, 0.717) is 6.54 Å². The number of nitrogens with one attached hydrogen (secondary N) is 2. The first-order chi connectivity index (χ1) is 9.75. The largest absolute Gasteiger partial charge is 0.437 e. The van der Waals surface area contributed by atoms with E-state index in [1.54, 1.807) is 6.92 Å². The van der Waals surface area contributed by atoms with Crippen LogP contribution in [0.25, 0.3) is 0 Å². The van der Waals surface area contributed by atoms with Crippen molar-refractivity contribution in [2.45, 2.75) is 26.6 Å². The van der Waals surface area contributed by atoms with Crippen LogP contribution in [0, 0.1) is 6.92 Å². The average Bonchev–Trinajstić information content (AvgIpc) is 2.93. The van der Waals surface area contributed by atoms with Gasteiger partial charge in [0.1, 0.15) is 5.69 Å². The molecule has 0 aliphatic rings. The van der Waals surface area contributed by atoms with Crippen LogP contribution in [-0.4, -0.2) is 25.9 Å². The molecule has 0 fully saturated rings. The molecule has 0 radical (unpaired) electrons. The van der Waals surface area contributed by atoms with Gasteiger partial charge in [-0.2, -0.15) is 23.4 Å². The number of nitrogens with zero attached hydrogens (tertiary/aromatic N) is 3. The van der Waals surface area contributed by atoms with Gasteiger partial charge in [0.2, 0.25) is 0 Å². The zero-order chi connectivity index (χ0) is 15.8. The molecule has 114 valence electrons. The number of carbonyl (C=O) groups excluding carboxylic acids is 1. The van der Waals surface area contributed by atoms with Crippen molar-refractivity contribution < 1.29 is 18.0 Å². The molecule has 2 rings (SSSR count). The van der Waals surface area contributed by atoms with Crippen molar-refractivity contribution in [3.05, 3.63) is 28.3 Å². The molecule has 0 aliphatic heterocycles. The van der Waals surface area contributed by atoms with Crippen molar-refractivity contribution in [2.24, 2.45) is 0 Å². The lowest BCUT2D eigenvalue weighted by Gasteiger charge is -2.10. The van der Waals surface area contributed by atoms with Gasteiger partial charge in [0.05, 0.1) is 22.6 Å². The number of rotatable bonds is 3. The third kappa shape index (κ3) is 2.87. The highest BCUT2D eigenvalue weighted by molar-refractivity contribution is 6.34. The quantitative estimate of drug-likeness (QED) is 0.912. The minimum Gasteiger partial charge on any atom is -0.317 e. The summed E-state index contributed by atoms with van der Waals surface area (Å²) in [6, 6.07) is 0. The van der Waals surface area contributed by atoms with Gasteiger partial charge >= 0.3 is 6.18 Å². The zero-order valence-corrected chi connectivity index (χ0v) is 11.8. The molecule has 2 aromatic heterocycles. The van der Waals surface area contributed by atoms with Crippen molar-refractivity contribution in [1.82, 2.24) is 20.0 Å². The molecule has 2 aromatic rings. The fourth-order valence-electron chi connectivity index (χ4n) is 1.79. The highest BCUT2D eigenvalue weighted by Gasteiger charge is 2.38. The van der Waals surface area contributed by atoms with Crippen LogP contribution in [0.5, 0.6) is 0 Å². The Labute approximate surface area is 122 Å². The molecular formula is C11H11ClF3N5O. The van der Waals surface area contributed by atoms with E-state index in [9.17, 15) is 18.0 Å². The molecule has 0 saturated heterocycles. The van der Waals surface area contributed by atoms with Gasteiger partial charge in [-0.3, -0.25) is 14.6 Å². The van der Waals surface area contributed by atoms with Gasteiger partial charge in [-0.25, -0.2) is 0 Å². The maximum atomic E-state index is 12.8. The fourth-order valence-corrected chi connectivity index (χ4v) is 2.01. The molecule has 1 amide bonds. The predicted octanol–water partition coefficient (Wildman–Crippen LogP) is 2.86. The van der Waals surface area contributed by atoms with Crippen LogP contribution >= 0.6 is 11.6 Å². The van der Waals surface area contributed by atoms with Gasteiger partial charge < -0.3 is 5.32 Å². The average molecular weight is 322 g/mol. The van der Waals surface area contributed by atoms with Gasteiger partial charge in [0.15, 0.2) is 5.69 Å². The summed E-state index contributed by atoms with van der Waals surface area (Å²) in [4.78, 5) is 12.1. The van der Waals surface area contributed by atoms with E-state index in [1.807, 2.05) is 0 Å². The zero-order valence-electron chi connectivity index (χ0n) is 11.0. The summed E-state index contributed by atoms with van der Waals surface area (Å²) in [6.07, 6.45) is -3.42. The maximum Gasteiger partial charge on any atom is 0.437 e. The Bertz CT molecular complexity index is 676. The number of aromatic amines is 1. The summed E-state index contributed by atoms with van der Waals surface area (Å²) >= 11 is 5.84. The topological polar surface area (TPSA) is 75.6 Å². The van der Waals surface area contributed by atoms with Crippen molar-refractivity contribution >= 4 is 23.2 Å². The standard InChI is InChI=1S/C11H11ClF3N5O/c1-3-20-8(6(12)4-16-20)10(21)17-7-5(2)18-19-9(7)11(13,14)15/h4H,3H2,1-2H3,(H,17,21)(H,18,19). The first-order valence-electron chi connectivity index (χ1n) is 5.90. The van der Waals surface area contributed by atoms with Crippen LogP contribution in [0.2, 0.25) is 5.02 Å². The summed E-state index contributed by atoms with van der Waals surface area (Å²) in [5, 5.41) is 11.5. The Morgan fingerprint density at radius 3 is 2.76 bits per heavy atom. The molecule has 10 heteroatoms. The van der Waals surface area contributed by atoms with Crippen LogP contribution in [-0.2, 0) is 12.7 Å². The number of carbonyl (C=O) groups is 1. The summed E-state index contributed by atoms with van der Waals surface area (Å²) in [6.45, 7) is 3.45. The van der Waals surface area contributed by atoms with Gasteiger partial charge in [-0.05, 0) is 13.8 Å². The third-order valence-electron chi connectivity index (χ3n) is 2.76. The number of hydrogen-bond acceptors (Lipinski definition) is 3. The molecular weight excluding hydrogens is 311 g/mol. The number of anilines is 1. The predicted molar refractivity (Wildman–Crippen MR) is 69.2 cm³/mol. The summed E-state index contributed by atoms with van der Waals surface area (Å²) in [5.74, 6) is -0.783. The second-order valence-corrected chi connectivity index (χ2v) is 4.59. The fraction of sp³-hybridized carbons (Fsp3) is 0.364. The van der Waals surface area contributed by atoms with Crippen LogP contribution in [0.15, 0.2) is 6.20 Å². The van der Waals surface area contributed by atoms with Gasteiger partial charge in [0, 0.05) is 6.54 Å². The van der Waals surface area contributed by atoms with E-state index in [4.69, 9.17) is 11.6 Å². The Hall–Kier alpha value is -2.03. The monoisotopic (exact) mass is 321 g/mol. The van der Waals surface area contributed by atoms with E-state index in [1.165, 1.54) is 17.8 Å². The van der Waals surface area contributed by atoms with E-state index in [-0.39, 0.29) is 16.4 Å². The van der Waals surface area contributed by atoms with Crippen molar-refractivity contribution in [2.75, 3.05) is 5.32 Å². The molecule has 0 aliphatic carbocycles. The second-order valence-electron chi connectivity index (χ2n) is 4.18. The first kappa shape index (κ1) is 15.4. The second kappa shape index (κ2) is 5.40. The normalized spacial score (nSPS) is 11.7. The number of aryl methyl sites for hydroxylation is 2. The molecule has 0 atom stereocenters. The lowest BCUT2D eigenvalue weighted by Crippen LogP contribution is -2.20. The molecule has 0 bridgehead atoms. The van der Waals surface area contributed by atoms with E-state index < -0.39 is 23.5 Å². The first-order valence-corrected chi connectivity index (χ1v) is 6.28. The highest BCUT2D eigenvalue weighted by Crippen LogP contribution is 2.35. The number of aromatic nitrogens is 4. The van der Waals surface area contributed by atoms with E-state index in [2.05, 4.69) is 20.6 Å². The van der Waals surface area contributed by atoms with Crippen molar-refractivity contribution in [1.29, 1.82) is 0 Å². The van der Waals surface area contributed by atoms with Gasteiger partial charge in [0.25, 0.3) is 5.91 Å². The smallest absolute Gasteiger partial charge is 0.317 e. The minimum atomic E-state index is -4.68. The van der Waals surface area contributed by atoms with E-state index in [0.717, 1.165) is 0 Å². The third-order valence-corrected chi connectivity index (χ3v) is 3.04. The highest BCUT2D eigenvalue weighted by atomic mass is 35.5. The number of alkyl halides is 3. The minimum absolute atomic E-state index is 0.00658. The molecule has 0 aromatic carbocycles. The molecule has 2 heterocycles. The Kier molecular flexibility index (Phi) is 3.95. The van der Waals surface area contributed by atoms with Crippen LogP contribution in [0.3, 0.4) is 0 Å². The molecule has 0 saturated carbocycles. The summed E-state index contributed by atoms with van der Waals surface area (Å²) in [7, 11) is 0. The Morgan fingerprint density at radius 1 is 1.52 bits per heavy atom. The Balaban J connectivity index is 2.37. The number of H-pyrrole nitrogens is 1. The summed E-state index contributed by atoms with van der Waals surface area (Å²) in [5.41, 5.74) is -1.53. The van der Waals surface area contributed by atoms with Crippen molar-refractivity contribution in [3.63, 3.8) is 0 Å².